The molecule has 2 aromatic rings. The topological polar surface area (TPSA) is 115 Å². The fraction of sp³-hybridized carbons (Fsp3) is 0.348. The van der Waals surface area contributed by atoms with Crippen molar-refractivity contribution in [2.75, 3.05) is 7.11 Å². The molecule has 162 valence electrons. The molecule has 3 fully saturated rings. The molecule has 0 spiro atoms. The molecule has 1 aromatic heterocycles. The van der Waals surface area contributed by atoms with Gasteiger partial charge in [0, 0.05) is 6.07 Å². The first-order chi connectivity index (χ1) is 15.5. The van der Waals surface area contributed by atoms with E-state index >= 15 is 0 Å². The summed E-state index contributed by atoms with van der Waals surface area (Å²) in [6.45, 7) is 0. The Balaban J connectivity index is 1.24. The van der Waals surface area contributed by atoms with Crippen LogP contribution in [0.5, 0.6) is 5.75 Å². The molecule has 2 heterocycles. The van der Waals surface area contributed by atoms with E-state index < -0.39 is 4.92 Å². The van der Waals surface area contributed by atoms with Gasteiger partial charge in [-0.05, 0) is 48.3 Å². The minimum absolute atomic E-state index is 0.0902. The van der Waals surface area contributed by atoms with Crippen molar-refractivity contribution in [1.82, 2.24) is 5.01 Å². The maximum absolute atomic E-state index is 13.0. The summed E-state index contributed by atoms with van der Waals surface area (Å²) in [5.74, 6) is 1.39. The normalized spacial score (nSPS) is 31.8. The van der Waals surface area contributed by atoms with E-state index in [9.17, 15) is 19.7 Å². The number of benzene rings is 1. The zero-order valence-electron chi connectivity index (χ0n) is 17.1. The van der Waals surface area contributed by atoms with Crippen molar-refractivity contribution in [2.45, 2.75) is 6.42 Å². The third-order valence-corrected chi connectivity index (χ3v) is 7.23. The summed E-state index contributed by atoms with van der Waals surface area (Å²) >= 11 is 0. The predicted octanol–water partition coefficient (Wildman–Crippen LogP) is 3.25. The summed E-state index contributed by atoms with van der Waals surface area (Å²) in [7, 11) is 1.42. The third-order valence-electron chi connectivity index (χ3n) is 7.23. The number of hydrogen-bond donors (Lipinski definition) is 0. The van der Waals surface area contributed by atoms with Crippen molar-refractivity contribution in [3.05, 3.63) is 58.4 Å². The van der Waals surface area contributed by atoms with E-state index in [-0.39, 0.29) is 41.2 Å². The van der Waals surface area contributed by atoms with Crippen LogP contribution < -0.4 is 4.74 Å². The maximum atomic E-state index is 13.0. The first-order valence-corrected chi connectivity index (χ1v) is 10.5. The van der Waals surface area contributed by atoms with Gasteiger partial charge in [0.15, 0.2) is 0 Å². The molecule has 2 saturated carbocycles. The lowest BCUT2D eigenvalue weighted by molar-refractivity contribution is -0.384. The van der Waals surface area contributed by atoms with Gasteiger partial charge in [0.25, 0.3) is 17.5 Å². The van der Waals surface area contributed by atoms with Crippen molar-refractivity contribution in [3.8, 4) is 17.1 Å². The molecule has 32 heavy (non-hydrogen) atoms. The molecule has 6 atom stereocenters. The zero-order valence-corrected chi connectivity index (χ0v) is 17.1. The highest BCUT2D eigenvalue weighted by atomic mass is 16.6. The van der Waals surface area contributed by atoms with Crippen LogP contribution in [0.4, 0.5) is 5.69 Å². The van der Waals surface area contributed by atoms with Crippen LogP contribution in [0.3, 0.4) is 0 Å². The molecule has 2 bridgehead atoms. The number of non-ortho nitro benzene ring substituents is 1. The average Bonchev–Trinajstić information content (AvgIpc) is 3.44. The summed E-state index contributed by atoms with van der Waals surface area (Å²) in [6.07, 6.45) is 6.70. The van der Waals surface area contributed by atoms with Crippen LogP contribution in [0.1, 0.15) is 12.2 Å². The van der Waals surface area contributed by atoms with Crippen molar-refractivity contribution >= 4 is 23.7 Å². The molecule has 7 rings (SSSR count). The molecule has 9 nitrogen and oxygen atoms in total. The van der Waals surface area contributed by atoms with E-state index in [0.29, 0.717) is 34.7 Å². The number of hydrogen-bond acceptors (Lipinski definition) is 7. The van der Waals surface area contributed by atoms with Crippen molar-refractivity contribution in [2.24, 2.45) is 40.6 Å². The quantitative estimate of drug-likeness (QED) is 0.235. The Labute approximate surface area is 182 Å². The summed E-state index contributed by atoms with van der Waals surface area (Å²) in [6, 6.07) is 7.56. The number of nitro benzene ring substituents is 1. The summed E-state index contributed by atoms with van der Waals surface area (Å²) in [5, 5.41) is 16.2. The van der Waals surface area contributed by atoms with Crippen molar-refractivity contribution < 1.29 is 23.7 Å². The minimum Gasteiger partial charge on any atom is -0.496 e. The van der Waals surface area contributed by atoms with E-state index in [1.54, 1.807) is 18.2 Å². The summed E-state index contributed by atoms with van der Waals surface area (Å²) < 4.78 is 11.0. The Morgan fingerprint density at radius 2 is 1.81 bits per heavy atom. The number of furan rings is 1. The molecule has 0 N–H and O–H groups in total. The zero-order chi connectivity index (χ0) is 22.1. The van der Waals surface area contributed by atoms with E-state index in [2.05, 4.69) is 17.3 Å². The Morgan fingerprint density at radius 3 is 2.44 bits per heavy atom. The molecule has 0 radical (unpaired) electrons. The molecule has 1 aliphatic heterocycles. The van der Waals surface area contributed by atoms with Crippen LogP contribution >= 0.6 is 0 Å². The van der Waals surface area contributed by atoms with Crippen LogP contribution in [0.15, 0.2) is 52.0 Å². The van der Waals surface area contributed by atoms with Gasteiger partial charge < -0.3 is 9.15 Å². The smallest absolute Gasteiger partial charge is 0.273 e. The number of nitro groups is 1. The number of allylic oxidation sites excluding steroid dienone is 2. The molecule has 1 aromatic carbocycles. The molecular weight excluding hydrogens is 414 g/mol. The number of ether oxygens (including phenoxy) is 1. The van der Waals surface area contributed by atoms with Gasteiger partial charge >= 0.3 is 0 Å². The van der Waals surface area contributed by atoms with Crippen molar-refractivity contribution in [3.63, 3.8) is 0 Å². The lowest BCUT2D eigenvalue weighted by Gasteiger charge is -2.37. The largest absolute Gasteiger partial charge is 0.496 e. The number of rotatable bonds is 5. The second-order valence-corrected chi connectivity index (χ2v) is 8.73. The van der Waals surface area contributed by atoms with Crippen LogP contribution in [-0.2, 0) is 9.59 Å². The molecule has 5 aliphatic rings. The van der Waals surface area contributed by atoms with E-state index in [1.165, 1.54) is 25.5 Å². The molecule has 1 saturated heterocycles. The van der Waals surface area contributed by atoms with Gasteiger partial charge in [-0.3, -0.25) is 19.7 Å². The standard InChI is InChI=1S/C23H19N3O6/c1-31-19-8-11(26(29)30)2-4-15(19)18-7-3-12(32-18)10-24-25-22(27)20-13-5-6-14(17-9-16(13)17)21(20)23(25)28/h2-8,10,13-14,16-17,20-21H,9H2,1H3/b24-10-/t13-,14-,16-,17-,20-,21+/m1/s1. The Bertz CT molecular complexity index is 1190. The van der Waals surface area contributed by atoms with Crippen LogP contribution in [0.25, 0.3) is 11.3 Å². The maximum Gasteiger partial charge on any atom is 0.273 e. The number of carbonyl (C=O) groups excluding carboxylic acids is 2. The van der Waals surface area contributed by atoms with E-state index in [1.807, 2.05) is 0 Å². The summed E-state index contributed by atoms with van der Waals surface area (Å²) in [5.41, 5.74) is 0.450. The Morgan fingerprint density at radius 1 is 1.12 bits per heavy atom. The molecule has 0 unspecified atom stereocenters. The SMILES string of the molecule is COc1cc([N+](=O)[O-])ccc1-c1ccc(/C=N\N2C(=O)[C@@H]3[C@@H]4C=C[C@H]([C@H]5C[C@H]45)[C@@H]3C2=O)o1. The number of nitrogens with zero attached hydrogens (tertiary/aromatic N) is 3. The van der Waals surface area contributed by atoms with Crippen LogP contribution in [0, 0.1) is 45.6 Å². The van der Waals surface area contributed by atoms with E-state index in [4.69, 9.17) is 9.15 Å². The molecular formula is C23H19N3O6. The number of amides is 2. The highest BCUT2D eigenvalue weighted by Gasteiger charge is 2.67. The average molecular weight is 433 g/mol. The molecule has 4 aliphatic carbocycles. The summed E-state index contributed by atoms with van der Waals surface area (Å²) in [4.78, 5) is 36.4. The highest BCUT2D eigenvalue weighted by molar-refractivity contribution is 6.06. The Hall–Kier alpha value is -3.75. The second-order valence-electron chi connectivity index (χ2n) is 8.73. The van der Waals surface area contributed by atoms with Gasteiger partial charge in [-0.1, -0.05) is 12.2 Å². The first kappa shape index (κ1) is 19.0. The minimum atomic E-state index is -0.501. The monoisotopic (exact) mass is 433 g/mol. The molecule has 2 amide bonds. The van der Waals surface area contributed by atoms with E-state index in [0.717, 1.165) is 11.4 Å². The van der Waals surface area contributed by atoms with Gasteiger partial charge in [-0.2, -0.15) is 10.1 Å². The lowest BCUT2D eigenvalue weighted by Crippen LogP contribution is -2.40. The fourth-order valence-electron chi connectivity index (χ4n) is 5.73. The van der Waals surface area contributed by atoms with Crippen LogP contribution in [0.2, 0.25) is 0 Å². The van der Waals surface area contributed by atoms with Gasteiger partial charge in [0.1, 0.15) is 17.3 Å². The predicted molar refractivity (Wildman–Crippen MR) is 111 cm³/mol. The fourth-order valence-corrected chi connectivity index (χ4v) is 5.73. The van der Waals surface area contributed by atoms with Gasteiger partial charge in [0.05, 0.1) is 41.7 Å². The third kappa shape index (κ3) is 2.60. The van der Waals surface area contributed by atoms with Crippen molar-refractivity contribution in [1.29, 1.82) is 0 Å². The number of hydrazone groups is 1. The number of methoxy groups -OCH3 is 1. The Kier molecular flexibility index (Phi) is 3.93. The van der Waals surface area contributed by atoms with Crippen LogP contribution in [-0.4, -0.2) is 35.1 Å². The van der Waals surface area contributed by atoms with Gasteiger partial charge in [0.2, 0.25) is 0 Å². The molecule has 9 heteroatoms. The van der Waals surface area contributed by atoms with Gasteiger partial charge in [-0.25, -0.2) is 0 Å². The second kappa shape index (κ2) is 6.62. The number of imide groups is 1. The number of carbonyl (C=O) groups is 2. The lowest BCUT2D eigenvalue weighted by atomic mass is 9.63. The first-order valence-electron chi connectivity index (χ1n) is 10.5. The van der Waals surface area contributed by atoms with Gasteiger partial charge in [-0.15, -0.1) is 0 Å². The highest BCUT2D eigenvalue weighted by Crippen LogP contribution is 2.65.